The first kappa shape index (κ1) is 14.5. The average Bonchev–Trinajstić information content (AvgIpc) is 2.37. The predicted octanol–water partition coefficient (Wildman–Crippen LogP) is 1.27. The van der Waals surface area contributed by atoms with Crippen molar-refractivity contribution >= 4 is 11.6 Å². The number of carbonyl (C=O) groups is 1. The fourth-order valence-electron chi connectivity index (χ4n) is 1.99. The van der Waals surface area contributed by atoms with E-state index in [1.807, 2.05) is 26.1 Å². The van der Waals surface area contributed by atoms with Crippen molar-refractivity contribution in [1.82, 2.24) is 5.32 Å². The summed E-state index contributed by atoms with van der Waals surface area (Å²) >= 11 is 0. The summed E-state index contributed by atoms with van der Waals surface area (Å²) < 4.78 is 0. The van der Waals surface area contributed by atoms with Crippen LogP contribution in [0.15, 0.2) is 18.2 Å². The summed E-state index contributed by atoms with van der Waals surface area (Å²) in [5.41, 5.74) is 9.11. The maximum absolute atomic E-state index is 11.5. The minimum absolute atomic E-state index is 0.0329. The Labute approximate surface area is 109 Å². The smallest absolute Gasteiger partial charge is 0.224 e. The maximum Gasteiger partial charge on any atom is 0.224 e. The number of carbonyl (C=O) groups excluding carboxylic acids is 1. The van der Waals surface area contributed by atoms with Crippen molar-refractivity contribution in [2.24, 2.45) is 11.7 Å². The summed E-state index contributed by atoms with van der Waals surface area (Å²) in [5.74, 6) is 0.0339. The standard InChI is InChI=1S/C14H23N3O/c1-10-7-13(6-5-12(10)8-15)17(4)9-11(2)14(18)16-3/h5-7,11H,8-9,15H2,1-4H3,(H,16,18). The van der Waals surface area contributed by atoms with Gasteiger partial charge in [-0.15, -0.1) is 0 Å². The molecule has 1 unspecified atom stereocenters. The molecule has 1 aromatic rings. The van der Waals surface area contributed by atoms with E-state index in [1.165, 1.54) is 5.56 Å². The van der Waals surface area contributed by atoms with E-state index in [2.05, 4.69) is 23.2 Å². The fourth-order valence-corrected chi connectivity index (χ4v) is 1.99. The van der Waals surface area contributed by atoms with Gasteiger partial charge in [-0.3, -0.25) is 4.79 Å². The monoisotopic (exact) mass is 249 g/mol. The highest BCUT2D eigenvalue weighted by atomic mass is 16.1. The Morgan fingerprint density at radius 1 is 1.50 bits per heavy atom. The maximum atomic E-state index is 11.5. The molecular weight excluding hydrogens is 226 g/mol. The zero-order valence-electron chi connectivity index (χ0n) is 11.7. The first-order chi connectivity index (χ1) is 8.49. The van der Waals surface area contributed by atoms with Crippen LogP contribution in [0.5, 0.6) is 0 Å². The molecule has 3 N–H and O–H groups in total. The molecule has 0 spiro atoms. The molecule has 1 atom stereocenters. The molecule has 0 saturated carbocycles. The van der Waals surface area contributed by atoms with Gasteiger partial charge < -0.3 is 16.0 Å². The van der Waals surface area contributed by atoms with E-state index < -0.39 is 0 Å². The SMILES string of the molecule is CNC(=O)C(C)CN(C)c1ccc(CN)c(C)c1. The van der Waals surface area contributed by atoms with Gasteiger partial charge in [0.05, 0.1) is 5.92 Å². The van der Waals surface area contributed by atoms with E-state index in [0.717, 1.165) is 11.3 Å². The van der Waals surface area contributed by atoms with Crippen LogP contribution in [0.3, 0.4) is 0 Å². The van der Waals surface area contributed by atoms with Crippen molar-refractivity contribution in [3.05, 3.63) is 29.3 Å². The van der Waals surface area contributed by atoms with Crippen molar-refractivity contribution in [2.75, 3.05) is 25.5 Å². The first-order valence-electron chi connectivity index (χ1n) is 6.22. The van der Waals surface area contributed by atoms with Gasteiger partial charge in [0, 0.05) is 32.9 Å². The summed E-state index contributed by atoms with van der Waals surface area (Å²) in [6.45, 7) is 5.24. The third-order valence-electron chi connectivity index (χ3n) is 3.23. The molecule has 4 heteroatoms. The van der Waals surface area contributed by atoms with Crippen LogP contribution in [0.1, 0.15) is 18.1 Å². The van der Waals surface area contributed by atoms with Gasteiger partial charge in [0.25, 0.3) is 0 Å². The van der Waals surface area contributed by atoms with E-state index in [1.54, 1.807) is 7.05 Å². The van der Waals surface area contributed by atoms with Crippen molar-refractivity contribution < 1.29 is 4.79 Å². The van der Waals surface area contributed by atoms with Crippen molar-refractivity contribution in [3.8, 4) is 0 Å². The van der Waals surface area contributed by atoms with Crippen LogP contribution >= 0.6 is 0 Å². The molecule has 0 bridgehead atoms. The molecule has 0 heterocycles. The van der Waals surface area contributed by atoms with Crippen LogP contribution in [0.2, 0.25) is 0 Å². The zero-order chi connectivity index (χ0) is 13.7. The molecule has 1 rings (SSSR count). The lowest BCUT2D eigenvalue weighted by Gasteiger charge is -2.23. The Morgan fingerprint density at radius 3 is 2.67 bits per heavy atom. The highest BCUT2D eigenvalue weighted by molar-refractivity contribution is 5.78. The Morgan fingerprint density at radius 2 is 2.17 bits per heavy atom. The minimum atomic E-state index is -0.0329. The molecule has 0 fully saturated rings. The zero-order valence-corrected chi connectivity index (χ0v) is 11.7. The van der Waals surface area contributed by atoms with E-state index in [4.69, 9.17) is 5.73 Å². The topological polar surface area (TPSA) is 58.4 Å². The second-order valence-corrected chi connectivity index (χ2v) is 4.71. The molecule has 0 aliphatic rings. The largest absolute Gasteiger partial charge is 0.374 e. The summed E-state index contributed by atoms with van der Waals surface area (Å²) in [4.78, 5) is 13.6. The second-order valence-electron chi connectivity index (χ2n) is 4.71. The lowest BCUT2D eigenvalue weighted by Crippen LogP contribution is -2.34. The summed E-state index contributed by atoms with van der Waals surface area (Å²) in [6.07, 6.45) is 0. The lowest BCUT2D eigenvalue weighted by atomic mass is 10.1. The number of nitrogens with zero attached hydrogens (tertiary/aromatic N) is 1. The van der Waals surface area contributed by atoms with Gasteiger partial charge in [0.15, 0.2) is 0 Å². The van der Waals surface area contributed by atoms with Gasteiger partial charge in [-0.1, -0.05) is 13.0 Å². The van der Waals surface area contributed by atoms with E-state index >= 15 is 0 Å². The number of nitrogens with two attached hydrogens (primary N) is 1. The quantitative estimate of drug-likeness (QED) is 0.826. The highest BCUT2D eigenvalue weighted by Gasteiger charge is 2.14. The van der Waals surface area contributed by atoms with E-state index in [-0.39, 0.29) is 11.8 Å². The van der Waals surface area contributed by atoms with Gasteiger partial charge in [0.2, 0.25) is 5.91 Å². The normalized spacial score (nSPS) is 12.1. The number of anilines is 1. The third-order valence-corrected chi connectivity index (χ3v) is 3.23. The molecule has 0 aliphatic carbocycles. The van der Waals surface area contributed by atoms with E-state index in [9.17, 15) is 4.79 Å². The number of amides is 1. The van der Waals surface area contributed by atoms with Gasteiger partial charge >= 0.3 is 0 Å². The van der Waals surface area contributed by atoms with Crippen molar-refractivity contribution in [3.63, 3.8) is 0 Å². The highest BCUT2D eigenvalue weighted by Crippen LogP contribution is 2.18. The van der Waals surface area contributed by atoms with E-state index in [0.29, 0.717) is 13.1 Å². The molecule has 4 nitrogen and oxygen atoms in total. The Balaban J connectivity index is 2.75. The number of hydrogen-bond donors (Lipinski definition) is 2. The van der Waals surface area contributed by atoms with Gasteiger partial charge in [-0.2, -0.15) is 0 Å². The van der Waals surface area contributed by atoms with Crippen LogP contribution in [0, 0.1) is 12.8 Å². The van der Waals surface area contributed by atoms with Crippen LogP contribution in [0.25, 0.3) is 0 Å². The average molecular weight is 249 g/mol. The van der Waals surface area contributed by atoms with Crippen molar-refractivity contribution in [2.45, 2.75) is 20.4 Å². The Hall–Kier alpha value is -1.55. The molecule has 0 aliphatic heterocycles. The van der Waals surface area contributed by atoms with Crippen LogP contribution in [-0.2, 0) is 11.3 Å². The predicted molar refractivity (Wildman–Crippen MR) is 75.6 cm³/mol. The molecule has 100 valence electrons. The fraction of sp³-hybridized carbons (Fsp3) is 0.500. The molecular formula is C14H23N3O. The molecule has 1 aromatic carbocycles. The minimum Gasteiger partial charge on any atom is -0.374 e. The molecule has 0 radical (unpaired) electrons. The summed E-state index contributed by atoms with van der Waals surface area (Å²) in [5, 5.41) is 2.67. The van der Waals surface area contributed by atoms with Crippen molar-refractivity contribution in [1.29, 1.82) is 0 Å². The molecule has 0 saturated heterocycles. The lowest BCUT2D eigenvalue weighted by molar-refractivity contribution is -0.123. The number of nitrogens with one attached hydrogen (secondary N) is 1. The number of hydrogen-bond acceptors (Lipinski definition) is 3. The van der Waals surface area contributed by atoms with Crippen LogP contribution in [-0.4, -0.2) is 26.5 Å². The molecule has 1 amide bonds. The Bertz CT molecular complexity index is 418. The third kappa shape index (κ3) is 3.47. The number of benzene rings is 1. The molecule has 0 aromatic heterocycles. The van der Waals surface area contributed by atoms with Gasteiger partial charge in [-0.25, -0.2) is 0 Å². The van der Waals surface area contributed by atoms with Crippen LogP contribution in [0.4, 0.5) is 5.69 Å². The number of aryl methyl sites for hydroxylation is 1. The van der Waals surface area contributed by atoms with Gasteiger partial charge in [0.1, 0.15) is 0 Å². The van der Waals surface area contributed by atoms with Gasteiger partial charge in [-0.05, 0) is 30.2 Å². The number of rotatable bonds is 5. The second kappa shape index (κ2) is 6.40. The molecule has 18 heavy (non-hydrogen) atoms. The summed E-state index contributed by atoms with van der Waals surface area (Å²) in [7, 11) is 3.66. The van der Waals surface area contributed by atoms with Crippen LogP contribution < -0.4 is 16.0 Å². The first-order valence-corrected chi connectivity index (χ1v) is 6.22. The summed E-state index contributed by atoms with van der Waals surface area (Å²) in [6, 6.07) is 6.20. The Kier molecular flexibility index (Phi) is 5.16.